The van der Waals surface area contributed by atoms with E-state index in [0.29, 0.717) is 4.73 Å². The molecule has 8 heavy (non-hydrogen) atoms. The largest absolute Gasteiger partial charge is 0.506 e. The smallest absolute Gasteiger partial charge is 0.143 e. The summed E-state index contributed by atoms with van der Waals surface area (Å²) in [7, 11) is 0. The highest BCUT2D eigenvalue weighted by molar-refractivity contribution is 5.37. The summed E-state index contributed by atoms with van der Waals surface area (Å²) in [5, 5.41) is 17.1. The first kappa shape index (κ1) is 4.83. The Labute approximate surface area is 45.7 Å². The number of nitrogen functional groups attached to an aromatic ring is 1. The summed E-state index contributed by atoms with van der Waals surface area (Å²) in [6.45, 7) is 0. The van der Waals surface area contributed by atoms with Crippen LogP contribution in [0, 0.1) is 0 Å². The third kappa shape index (κ3) is 0.556. The second-order valence-electron chi connectivity index (χ2n) is 1.47. The van der Waals surface area contributed by atoms with Crippen LogP contribution in [0.4, 0.5) is 5.82 Å². The molecule has 0 unspecified atom stereocenters. The van der Waals surface area contributed by atoms with Crippen LogP contribution in [0.25, 0.3) is 0 Å². The predicted octanol–water partition coefficient (Wildman–Crippen LogP) is 0.0132. The highest BCUT2D eigenvalue weighted by atomic mass is 16.5. The van der Waals surface area contributed by atoms with Crippen LogP contribution in [0.5, 0.6) is 5.75 Å². The first-order valence-corrected chi connectivity index (χ1v) is 2.06. The Balaban J connectivity index is 3.14. The minimum atomic E-state index is -0.0370. The van der Waals surface area contributed by atoms with Crippen LogP contribution >= 0.6 is 0 Å². The van der Waals surface area contributed by atoms with E-state index in [1.807, 2.05) is 0 Å². The monoisotopic (exact) mass is 114 g/mol. The Hall–Kier alpha value is -1.32. The number of aromatic nitrogens is 1. The molecule has 1 rings (SSSR count). The predicted molar refractivity (Wildman–Crippen MR) is 27.7 cm³/mol. The van der Waals surface area contributed by atoms with Crippen molar-refractivity contribution in [3.8, 4) is 5.75 Å². The van der Waals surface area contributed by atoms with Crippen molar-refractivity contribution in [3.05, 3.63) is 12.3 Å². The zero-order valence-electron chi connectivity index (χ0n) is 4.07. The Morgan fingerprint density at radius 3 is 2.38 bits per heavy atom. The maximum absolute atomic E-state index is 8.57. The number of rotatable bonds is 0. The van der Waals surface area contributed by atoms with Crippen molar-refractivity contribution in [2.45, 2.75) is 0 Å². The number of anilines is 1. The fourth-order valence-corrected chi connectivity index (χ4v) is 0.455. The van der Waals surface area contributed by atoms with Gasteiger partial charge in [0.25, 0.3) is 0 Å². The molecule has 0 atom stereocenters. The fourth-order valence-electron chi connectivity index (χ4n) is 0.455. The van der Waals surface area contributed by atoms with Gasteiger partial charge in [-0.15, -0.1) is 0 Å². The van der Waals surface area contributed by atoms with E-state index >= 15 is 0 Å². The van der Waals surface area contributed by atoms with Crippen LogP contribution in [0.15, 0.2) is 12.3 Å². The maximum Gasteiger partial charge on any atom is 0.143 e. The lowest BCUT2D eigenvalue weighted by Crippen LogP contribution is -1.93. The van der Waals surface area contributed by atoms with E-state index in [4.69, 9.17) is 16.0 Å². The van der Waals surface area contributed by atoms with E-state index in [1.54, 1.807) is 0 Å². The average molecular weight is 114 g/mol. The highest BCUT2D eigenvalue weighted by Crippen LogP contribution is 2.13. The topological polar surface area (TPSA) is 71.4 Å². The van der Waals surface area contributed by atoms with Gasteiger partial charge in [-0.3, -0.25) is 0 Å². The first-order valence-electron chi connectivity index (χ1n) is 2.06. The molecule has 0 bridgehead atoms. The number of hydrogen-bond acceptors (Lipinski definition) is 3. The minimum Gasteiger partial charge on any atom is -0.506 e. The lowest BCUT2D eigenvalue weighted by atomic mass is 10.6. The molecule has 0 aliphatic heterocycles. The number of hydrogen-bond donors (Lipinski definition) is 3. The van der Waals surface area contributed by atoms with Crippen molar-refractivity contribution >= 4 is 5.82 Å². The van der Waals surface area contributed by atoms with Crippen LogP contribution in [0.2, 0.25) is 0 Å². The van der Waals surface area contributed by atoms with E-state index in [0.717, 1.165) is 6.20 Å². The molecule has 0 aliphatic carbocycles. The Morgan fingerprint density at radius 2 is 2.25 bits per heavy atom. The van der Waals surface area contributed by atoms with E-state index in [1.165, 1.54) is 6.07 Å². The third-order valence-corrected chi connectivity index (χ3v) is 0.815. The van der Waals surface area contributed by atoms with E-state index < -0.39 is 0 Å². The normalized spacial score (nSPS) is 9.50. The summed E-state index contributed by atoms with van der Waals surface area (Å²) in [6, 6.07) is 1.25. The van der Waals surface area contributed by atoms with Crippen molar-refractivity contribution in [1.29, 1.82) is 0 Å². The molecule has 0 saturated carbocycles. The van der Waals surface area contributed by atoms with Gasteiger partial charge in [-0.05, 0) is 0 Å². The van der Waals surface area contributed by atoms with Crippen molar-refractivity contribution in [1.82, 2.24) is 4.73 Å². The van der Waals surface area contributed by atoms with Gasteiger partial charge in [0.1, 0.15) is 11.6 Å². The van der Waals surface area contributed by atoms with E-state index in [2.05, 4.69) is 0 Å². The van der Waals surface area contributed by atoms with Gasteiger partial charge in [0.15, 0.2) is 0 Å². The van der Waals surface area contributed by atoms with Crippen LogP contribution in [0.1, 0.15) is 0 Å². The molecule has 4 nitrogen and oxygen atoms in total. The molecular formula is C4H6N2O2. The molecule has 0 radical (unpaired) electrons. The van der Waals surface area contributed by atoms with Gasteiger partial charge < -0.3 is 16.0 Å². The van der Waals surface area contributed by atoms with E-state index in [-0.39, 0.29) is 11.6 Å². The van der Waals surface area contributed by atoms with Crippen molar-refractivity contribution < 1.29 is 10.3 Å². The Kier molecular flexibility index (Phi) is 0.802. The number of aromatic hydroxyl groups is 1. The summed E-state index contributed by atoms with van der Waals surface area (Å²) in [5.41, 5.74) is 5.09. The molecule has 4 N–H and O–H groups in total. The van der Waals surface area contributed by atoms with Gasteiger partial charge in [-0.2, -0.15) is 4.73 Å². The lowest BCUT2D eigenvalue weighted by Gasteiger charge is -1.88. The quantitative estimate of drug-likeness (QED) is 0.416. The number of nitrogens with zero attached hydrogens (tertiary/aromatic N) is 1. The molecule has 0 aliphatic rings. The molecule has 0 aromatic carbocycles. The second kappa shape index (κ2) is 1.33. The molecule has 4 heteroatoms. The summed E-state index contributed by atoms with van der Waals surface area (Å²) >= 11 is 0. The molecule has 0 saturated heterocycles. The molecule has 0 spiro atoms. The zero-order valence-corrected chi connectivity index (χ0v) is 4.07. The fraction of sp³-hybridized carbons (Fsp3) is 0. The average Bonchev–Trinajstić information content (AvgIpc) is 1.85. The molecule has 1 heterocycles. The van der Waals surface area contributed by atoms with E-state index in [9.17, 15) is 0 Å². The third-order valence-electron chi connectivity index (χ3n) is 0.815. The molecule has 1 aromatic heterocycles. The standard InChI is InChI=1S/C4H6N2O2/c5-4-1-3(7)2-6(4)8/h1-2,7-8H,5H2. The van der Waals surface area contributed by atoms with Gasteiger partial charge in [-0.25, -0.2) is 0 Å². The Morgan fingerprint density at radius 1 is 1.62 bits per heavy atom. The molecule has 1 aromatic rings. The van der Waals surface area contributed by atoms with Gasteiger partial charge in [-0.1, -0.05) is 0 Å². The second-order valence-corrected chi connectivity index (χ2v) is 1.47. The van der Waals surface area contributed by atoms with Crippen molar-refractivity contribution in [2.24, 2.45) is 0 Å². The summed E-state index contributed by atoms with van der Waals surface area (Å²) < 4.78 is 0.648. The Bertz CT molecular complexity index is 174. The molecule has 0 fully saturated rings. The van der Waals surface area contributed by atoms with Gasteiger partial charge in [0.2, 0.25) is 0 Å². The van der Waals surface area contributed by atoms with Crippen LogP contribution in [0.3, 0.4) is 0 Å². The summed E-state index contributed by atoms with van der Waals surface area (Å²) in [6.07, 6.45) is 1.11. The van der Waals surface area contributed by atoms with Gasteiger partial charge in [0.05, 0.1) is 6.20 Å². The van der Waals surface area contributed by atoms with Gasteiger partial charge in [0, 0.05) is 6.07 Å². The highest BCUT2D eigenvalue weighted by Gasteiger charge is 1.95. The zero-order chi connectivity index (χ0) is 6.15. The van der Waals surface area contributed by atoms with Crippen LogP contribution in [-0.2, 0) is 0 Å². The summed E-state index contributed by atoms with van der Waals surface area (Å²) in [5.74, 6) is 0.0903. The first-order chi connectivity index (χ1) is 3.70. The van der Waals surface area contributed by atoms with Crippen molar-refractivity contribution in [2.75, 3.05) is 5.73 Å². The van der Waals surface area contributed by atoms with Crippen molar-refractivity contribution in [3.63, 3.8) is 0 Å². The van der Waals surface area contributed by atoms with Crippen LogP contribution < -0.4 is 5.73 Å². The summed E-state index contributed by atoms with van der Waals surface area (Å²) in [4.78, 5) is 0. The number of nitrogens with two attached hydrogens (primary N) is 1. The SMILES string of the molecule is Nc1cc(O)cn1O. The maximum atomic E-state index is 8.57. The molecule has 44 valence electrons. The van der Waals surface area contributed by atoms with Gasteiger partial charge >= 0.3 is 0 Å². The lowest BCUT2D eigenvalue weighted by molar-refractivity contribution is 0.192. The van der Waals surface area contributed by atoms with Crippen LogP contribution in [-0.4, -0.2) is 15.0 Å². The molecular weight excluding hydrogens is 108 g/mol. The minimum absolute atomic E-state index is 0.0370. The molecule has 0 amide bonds.